The van der Waals surface area contributed by atoms with Gasteiger partial charge in [0.05, 0.1) is 12.9 Å². The second-order valence-corrected chi connectivity index (χ2v) is 7.51. The van der Waals surface area contributed by atoms with Gasteiger partial charge in [0.25, 0.3) is 0 Å². The summed E-state index contributed by atoms with van der Waals surface area (Å²) in [7, 11) is 1.62. The van der Waals surface area contributed by atoms with Gasteiger partial charge in [-0.25, -0.2) is 0 Å². The van der Waals surface area contributed by atoms with Crippen LogP contribution in [0.4, 0.5) is 0 Å². The maximum atomic E-state index is 12.7. The van der Waals surface area contributed by atoms with Crippen molar-refractivity contribution in [1.29, 1.82) is 0 Å². The fourth-order valence-electron chi connectivity index (χ4n) is 2.63. The lowest BCUT2D eigenvalue weighted by Crippen LogP contribution is -2.37. The van der Waals surface area contributed by atoms with E-state index in [-0.39, 0.29) is 18.5 Å². The van der Waals surface area contributed by atoms with Crippen molar-refractivity contribution in [3.8, 4) is 17.1 Å². The number of methoxy groups -OCH3 is 1. The van der Waals surface area contributed by atoms with E-state index in [1.807, 2.05) is 68.4 Å². The molecule has 0 spiro atoms. The smallest absolute Gasteiger partial charge is 0.246 e. The van der Waals surface area contributed by atoms with Crippen LogP contribution in [0.15, 0.2) is 64.0 Å². The van der Waals surface area contributed by atoms with Crippen LogP contribution in [-0.2, 0) is 11.3 Å². The normalized spacial score (nSPS) is 10.9. The van der Waals surface area contributed by atoms with E-state index in [1.165, 1.54) is 11.8 Å². The van der Waals surface area contributed by atoms with Gasteiger partial charge in [-0.2, -0.15) is 4.98 Å². The molecule has 2 aromatic carbocycles. The topological polar surface area (TPSA) is 68.5 Å². The van der Waals surface area contributed by atoms with Crippen LogP contribution in [0.5, 0.6) is 5.75 Å². The minimum Gasteiger partial charge on any atom is -0.497 e. The van der Waals surface area contributed by atoms with E-state index in [4.69, 9.17) is 9.26 Å². The predicted octanol–water partition coefficient (Wildman–Crippen LogP) is 4.27. The Balaban J connectivity index is 1.65. The summed E-state index contributed by atoms with van der Waals surface area (Å²) < 4.78 is 10.5. The highest BCUT2D eigenvalue weighted by atomic mass is 32.2. The highest BCUT2D eigenvalue weighted by molar-refractivity contribution is 8.00. The Bertz CT molecular complexity index is 895. The molecule has 1 amide bonds. The minimum atomic E-state index is 0.0280. The molecule has 1 aromatic heterocycles. The fraction of sp³-hybridized carbons (Fsp3) is 0.286. The lowest BCUT2D eigenvalue weighted by Gasteiger charge is -2.25. The van der Waals surface area contributed by atoms with Crippen molar-refractivity contribution in [3.63, 3.8) is 0 Å². The number of thioether (sulfide) groups is 1. The summed E-state index contributed by atoms with van der Waals surface area (Å²) in [4.78, 5) is 20.0. The summed E-state index contributed by atoms with van der Waals surface area (Å²) in [5.74, 6) is 2.07. The Hall–Kier alpha value is -2.80. The van der Waals surface area contributed by atoms with E-state index in [9.17, 15) is 4.79 Å². The lowest BCUT2D eigenvalue weighted by molar-refractivity contribution is -0.131. The molecule has 1 heterocycles. The Kier molecular flexibility index (Phi) is 6.71. The standard InChI is InChI=1S/C21H23N3O3S/c1-15(2)24(20(25)14-28-18-7-5-4-6-8-18)13-19-22-21(23-27-19)16-9-11-17(26-3)12-10-16/h4-12,15H,13-14H2,1-3H3. The van der Waals surface area contributed by atoms with Gasteiger partial charge in [-0.1, -0.05) is 23.4 Å². The van der Waals surface area contributed by atoms with Gasteiger partial charge in [-0.15, -0.1) is 11.8 Å². The van der Waals surface area contributed by atoms with E-state index < -0.39 is 0 Å². The SMILES string of the molecule is COc1ccc(-c2noc(CN(C(=O)CSc3ccccc3)C(C)C)n2)cc1. The first kappa shape index (κ1) is 19.9. The van der Waals surface area contributed by atoms with E-state index in [1.54, 1.807) is 12.0 Å². The average Bonchev–Trinajstić information content (AvgIpc) is 3.19. The third kappa shape index (κ3) is 5.13. The molecule has 0 aliphatic carbocycles. The average molecular weight is 398 g/mol. The van der Waals surface area contributed by atoms with Crippen LogP contribution in [0.25, 0.3) is 11.4 Å². The van der Waals surface area contributed by atoms with E-state index >= 15 is 0 Å². The molecular formula is C21H23N3O3S. The number of amides is 1. The van der Waals surface area contributed by atoms with Crippen molar-refractivity contribution >= 4 is 17.7 Å². The molecule has 7 heteroatoms. The molecular weight excluding hydrogens is 374 g/mol. The Morgan fingerprint density at radius 3 is 2.50 bits per heavy atom. The first-order valence-corrected chi connectivity index (χ1v) is 9.99. The van der Waals surface area contributed by atoms with Crippen LogP contribution in [0.2, 0.25) is 0 Å². The van der Waals surface area contributed by atoms with Gasteiger partial charge in [0.1, 0.15) is 12.3 Å². The van der Waals surface area contributed by atoms with E-state index in [2.05, 4.69) is 10.1 Å². The van der Waals surface area contributed by atoms with Crippen molar-refractivity contribution in [2.45, 2.75) is 31.3 Å². The zero-order chi connectivity index (χ0) is 19.9. The molecule has 28 heavy (non-hydrogen) atoms. The predicted molar refractivity (Wildman–Crippen MR) is 109 cm³/mol. The fourth-order valence-corrected chi connectivity index (χ4v) is 3.43. The molecule has 6 nitrogen and oxygen atoms in total. The summed E-state index contributed by atoms with van der Waals surface area (Å²) >= 11 is 1.52. The van der Waals surface area contributed by atoms with Crippen LogP contribution in [0.3, 0.4) is 0 Å². The highest BCUT2D eigenvalue weighted by Crippen LogP contribution is 2.21. The van der Waals surface area contributed by atoms with Gasteiger partial charge in [0, 0.05) is 16.5 Å². The third-order valence-corrected chi connectivity index (χ3v) is 5.17. The summed E-state index contributed by atoms with van der Waals surface area (Å²) in [6.45, 7) is 4.24. The van der Waals surface area contributed by atoms with Crippen molar-refractivity contribution in [2.24, 2.45) is 0 Å². The number of hydrogen-bond donors (Lipinski definition) is 0. The summed E-state index contributed by atoms with van der Waals surface area (Å²) in [5, 5.41) is 4.04. The monoisotopic (exact) mass is 397 g/mol. The second-order valence-electron chi connectivity index (χ2n) is 6.46. The molecule has 3 aromatic rings. The van der Waals surface area contributed by atoms with E-state index in [0.29, 0.717) is 17.5 Å². The van der Waals surface area contributed by atoms with Gasteiger partial charge in [0.2, 0.25) is 17.6 Å². The van der Waals surface area contributed by atoms with E-state index in [0.717, 1.165) is 16.2 Å². The zero-order valence-electron chi connectivity index (χ0n) is 16.2. The molecule has 3 rings (SSSR count). The van der Waals surface area contributed by atoms with Crippen LogP contribution in [0.1, 0.15) is 19.7 Å². The number of rotatable bonds is 8. The Morgan fingerprint density at radius 2 is 1.86 bits per heavy atom. The number of carbonyl (C=O) groups is 1. The Morgan fingerprint density at radius 1 is 1.14 bits per heavy atom. The van der Waals surface area contributed by atoms with Crippen molar-refractivity contribution < 1.29 is 14.1 Å². The van der Waals surface area contributed by atoms with Crippen LogP contribution in [-0.4, -0.2) is 39.9 Å². The molecule has 146 valence electrons. The van der Waals surface area contributed by atoms with Crippen LogP contribution < -0.4 is 4.74 Å². The van der Waals surface area contributed by atoms with Gasteiger partial charge in [0.15, 0.2) is 0 Å². The Labute approximate surface area is 168 Å². The maximum Gasteiger partial charge on any atom is 0.246 e. The van der Waals surface area contributed by atoms with Crippen LogP contribution in [0, 0.1) is 0 Å². The van der Waals surface area contributed by atoms with Crippen molar-refractivity contribution in [3.05, 3.63) is 60.5 Å². The third-order valence-electron chi connectivity index (χ3n) is 4.17. The van der Waals surface area contributed by atoms with Crippen LogP contribution >= 0.6 is 11.8 Å². The highest BCUT2D eigenvalue weighted by Gasteiger charge is 2.21. The molecule has 0 saturated heterocycles. The molecule has 0 aliphatic rings. The zero-order valence-corrected chi connectivity index (χ0v) is 17.0. The molecule has 0 fully saturated rings. The second kappa shape index (κ2) is 9.41. The number of aromatic nitrogens is 2. The number of hydrogen-bond acceptors (Lipinski definition) is 6. The first-order chi connectivity index (χ1) is 13.6. The maximum absolute atomic E-state index is 12.7. The summed E-state index contributed by atoms with van der Waals surface area (Å²) in [5.41, 5.74) is 0.831. The molecule has 0 saturated carbocycles. The van der Waals surface area contributed by atoms with Gasteiger partial charge >= 0.3 is 0 Å². The number of ether oxygens (including phenoxy) is 1. The number of benzene rings is 2. The van der Waals surface area contributed by atoms with Crippen molar-refractivity contribution in [1.82, 2.24) is 15.0 Å². The number of carbonyl (C=O) groups excluding carboxylic acids is 1. The van der Waals surface area contributed by atoms with Gasteiger partial charge in [-0.3, -0.25) is 4.79 Å². The number of nitrogens with zero attached hydrogens (tertiary/aromatic N) is 3. The molecule has 0 aliphatic heterocycles. The molecule has 0 bridgehead atoms. The molecule has 0 atom stereocenters. The van der Waals surface area contributed by atoms with Gasteiger partial charge < -0.3 is 14.2 Å². The molecule has 0 unspecified atom stereocenters. The minimum absolute atomic E-state index is 0.0280. The summed E-state index contributed by atoms with van der Waals surface area (Å²) in [6.07, 6.45) is 0. The first-order valence-electron chi connectivity index (χ1n) is 9.01. The van der Waals surface area contributed by atoms with Crippen molar-refractivity contribution in [2.75, 3.05) is 12.9 Å². The van der Waals surface area contributed by atoms with Gasteiger partial charge in [-0.05, 0) is 50.2 Å². The quantitative estimate of drug-likeness (QED) is 0.529. The summed E-state index contributed by atoms with van der Waals surface area (Å²) in [6, 6.07) is 17.3. The largest absolute Gasteiger partial charge is 0.497 e. The molecule has 0 N–H and O–H groups in total. The lowest BCUT2D eigenvalue weighted by atomic mass is 10.2. The molecule has 0 radical (unpaired) electrons.